The first-order valence-electron chi connectivity index (χ1n) is 10.2. The van der Waals surface area contributed by atoms with Crippen LogP contribution < -0.4 is 5.32 Å². The van der Waals surface area contributed by atoms with Crippen LogP contribution in [-0.4, -0.2) is 45.9 Å². The van der Waals surface area contributed by atoms with Gasteiger partial charge in [-0.05, 0) is 30.6 Å². The van der Waals surface area contributed by atoms with Crippen LogP contribution in [0.25, 0.3) is 0 Å². The van der Waals surface area contributed by atoms with Crippen molar-refractivity contribution in [3.05, 3.63) is 11.8 Å². The lowest BCUT2D eigenvalue weighted by molar-refractivity contribution is -0.175. The van der Waals surface area contributed by atoms with Crippen molar-refractivity contribution in [2.45, 2.75) is 71.1 Å². The van der Waals surface area contributed by atoms with E-state index in [1.807, 2.05) is 25.7 Å². The highest BCUT2D eigenvalue weighted by Crippen LogP contribution is 2.45. The summed E-state index contributed by atoms with van der Waals surface area (Å²) in [5.41, 5.74) is 0.363. The molecule has 2 aliphatic heterocycles. The number of likely N-dealkylation sites (tertiary alicyclic amines) is 1. The van der Waals surface area contributed by atoms with E-state index in [0.29, 0.717) is 30.5 Å². The van der Waals surface area contributed by atoms with Crippen LogP contribution >= 0.6 is 0 Å². The number of rotatable bonds is 2. The number of hydrogen-bond acceptors (Lipinski definition) is 3. The van der Waals surface area contributed by atoms with E-state index in [4.69, 9.17) is 0 Å². The molecule has 156 valence electrons. The van der Waals surface area contributed by atoms with E-state index in [2.05, 4.69) is 17.3 Å². The van der Waals surface area contributed by atoms with Crippen molar-refractivity contribution in [3.63, 3.8) is 0 Å². The van der Waals surface area contributed by atoms with Crippen LogP contribution in [0.15, 0.2) is 6.07 Å². The van der Waals surface area contributed by atoms with Gasteiger partial charge in [0.15, 0.2) is 6.04 Å². The average Bonchev–Trinajstić information content (AvgIpc) is 3.01. The smallest absolute Gasteiger partial charge is 0.367 e. The van der Waals surface area contributed by atoms with E-state index in [-0.39, 0.29) is 35.6 Å². The Bertz CT molecular complexity index is 766. The molecule has 0 spiro atoms. The van der Waals surface area contributed by atoms with Gasteiger partial charge in [-0.2, -0.15) is 18.3 Å². The highest BCUT2D eigenvalue weighted by molar-refractivity contribution is 5.82. The minimum atomic E-state index is -4.34. The molecule has 1 N–H and O–H groups in total. The third-order valence-corrected chi connectivity index (χ3v) is 6.60. The summed E-state index contributed by atoms with van der Waals surface area (Å²) in [6.07, 6.45) is -2.67. The maximum Gasteiger partial charge on any atom is 0.410 e. The van der Waals surface area contributed by atoms with Crippen molar-refractivity contribution in [3.8, 4) is 0 Å². The molecule has 1 amide bonds. The molecule has 5 nitrogen and oxygen atoms in total. The minimum absolute atomic E-state index is 0.000114. The van der Waals surface area contributed by atoms with Gasteiger partial charge in [-0.25, -0.2) is 4.68 Å². The number of nitrogens with zero attached hydrogens (tertiary/aromatic N) is 3. The Morgan fingerprint density at radius 1 is 1.25 bits per heavy atom. The Balaban J connectivity index is 1.55. The van der Waals surface area contributed by atoms with Crippen LogP contribution in [-0.2, 0) is 4.79 Å². The Kier molecular flexibility index (Phi) is 4.47. The molecule has 2 fully saturated rings. The Labute approximate surface area is 163 Å². The molecular weight excluding hydrogens is 369 g/mol. The van der Waals surface area contributed by atoms with Gasteiger partial charge >= 0.3 is 6.18 Å². The summed E-state index contributed by atoms with van der Waals surface area (Å²) < 4.78 is 42.3. The van der Waals surface area contributed by atoms with E-state index in [1.54, 1.807) is 6.07 Å². The maximum absolute atomic E-state index is 13.7. The van der Waals surface area contributed by atoms with Crippen LogP contribution in [0.1, 0.15) is 64.6 Å². The Morgan fingerprint density at radius 3 is 2.50 bits per heavy atom. The lowest BCUT2D eigenvalue weighted by Crippen LogP contribution is -2.44. The molecule has 28 heavy (non-hydrogen) atoms. The van der Waals surface area contributed by atoms with Crippen molar-refractivity contribution >= 4 is 11.7 Å². The molecule has 3 aliphatic rings. The van der Waals surface area contributed by atoms with Crippen molar-refractivity contribution in [1.82, 2.24) is 14.7 Å². The van der Waals surface area contributed by atoms with Gasteiger partial charge in [0.25, 0.3) is 0 Å². The van der Waals surface area contributed by atoms with Crippen molar-refractivity contribution in [2.75, 3.05) is 18.4 Å². The molecule has 1 aliphatic carbocycles. The molecule has 1 aromatic heterocycles. The summed E-state index contributed by atoms with van der Waals surface area (Å²) in [7, 11) is 0. The first kappa shape index (κ1) is 19.6. The largest absolute Gasteiger partial charge is 0.410 e. The first-order valence-corrected chi connectivity index (χ1v) is 10.2. The number of halogens is 3. The fourth-order valence-electron chi connectivity index (χ4n) is 4.46. The number of nitrogens with one attached hydrogen (secondary N) is 1. The van der Waals surface area contributed by atoms with Crippen LogP contribution in [0.3, 0.4) is 0 Å². The zero-order valence-electron chi connectivity index (χ0n) is 16.9. The van der Waals surface area contributed by atoms with Gasteiger partial charge < -0.3 is 10.2 Å². The summed E-state index contributed by atoms with van der Waals surface area (Å²) in [6, 6.07) is -0.142. The highest BCUT2D eigenvalue weighted by Gasteiger charge is 2.49. The Morgan fingerprint density at radius 2 is 1.93 bits per heavy atom. The number of aromatic nitrogens is 2. The molecule has 0 unspecified atom stereocenters. The second-order valence-corrected chi connectivity index (χ2v) is 9.84. The topological polar surface area (TPSA) is 50.2 Å². The fourth-order valence-corrected chi connectivity index (χ4v) is 4.46. The van der Waals surface area contributed by atoms with Crippen LogP contribution in [0.4, 0.5) is 19.0 Å². The standard InChI is InChI=1S/C20H29F3N4O/c1-11-7-13(11)18(28)26-6-5-12(10-26)14-8-17-24-15(19(2,3)4)9-16(20(21,22)23)27(17)25-14/h8,11-13,15-16,24H,5-7,9-10H2,1-4H3/t11-,12+,13+,15-,16+/m1/s1. The van der Waals surface area contributed by atoms with Gasteiger partial charge in [0.1, 0.15) is 5.82 Å². The molecule has 1 aromatic rings. The lowest BCUT2D eigenvalue weighted by Gasteiger charge is -2.39. The van der Waals surface area contributed by atoms with Gasteiger partial charge in [0.2, 0.25) is 5.91 Å². The molecule has 0 radical (unpaired) electrons. The quantitative estimate of drug-likeness (QED) is 0.813. The van der Waals surface area contributed by atoms with E-state index in [0.717, 1.165) is 17.5 Å². The van der Waals surface area contributed by atoms with Crippen LogP contribution in [0, 0.1) is 17.3 Å². The molecule has 8 heteroatoms. The summed E-state index contributed by atoms with van der Waals surface area (Å²) >= 11 is 0. The molecule has 0 bridgehead atoms. The second-order valence-electron chi connectivity index (χ2n) is 9.84. The average molecular weight is 398 g/mol. The predicted octanol–water partition coefficient (Wildman–Crippen LogP) is 4.19. The second kappa shape index (κ2) is 6.39. The van der Waals surface area contributed by atoms with Crippen LogP contribution in [0.2, 0.25) is 0 Å². The molecule has 5 atom stereocenters. The van der Waals surface area contributed by atoms with Crippen molar-refractivity contribution in [2.24, 2.45) is 17.3 Å². The number of anilines is 1. The van der Waals surface area contributed by atoms with Gasteiger partial charge in [-0.1, -0.05) is 27.7 Å². The summed E-state index contributed by atoms with van der Waals surface area (Å²) in [6.45, 7) is 9.14. The fraction of sp³-hybridized carbons (Fsp3) is 0.800. The van der Waals surface area contributed by atoms with Gasteiger partial charge in [0, 0.05) is 37.0 Å². The zero-order valence-corrected chi connectivity index (χ0v) is 16.9. The van der Waals surface area contributed by atoms with Crippen LogP contribution in [0.5, 0.6) is 0 Å². The zero-order chi connectivity index (χ0) is 20.4. The third-order valence-electron chi connectivity index (χ3n) is 6.60. The number of carbonyl (C=O) groups is 1. The monoisotopic (exact) mass is 398 g/mol. The first-order chi connectivity index (χ1) is 12.9. The minimum Gasteiger partial charge on any atom is -0.367 e. The molecule has 0 aromatic carbocycles. The van der Waals surface area contributed by atoms with Crippen molar-refractivity contribution in [1.29, 1.82) is 0 Å². The maximum atomic E-state index is 13.7. The van der Waals surface area contributed by atoms with E-state index in [9.17, 15) is 18.0 Å². The normalized spacial score (nSPS) is 32.8. The number of amides is 1. The van der Waals surface area contributed by atoms with Gasteiger partial charge in [-0.15, -0.1) is 0 Å². The predicted molar refractivity (Wildman–Crippen MR) is 100 cm³/mol. The highest BCUT2D eigenvalue weighted by atomic mass is 19.4. The molecule has 1 saturated heterocycles. The number of alkyl halides is 3. The summed E-state index contributed by atoms with van der Waals surface area (Å²) in [5.74, 6) is 1.22. The van der Waals surface area contributed by atoms with Gasteiger partial charge in [0.05, 0.1) is 5.69 Å². The SMILES string of the molecule is C[C@@H]1C[C@@H]1C(=O)N1CC[C@H](c2cc3n(n2)[C@H](C(F)(F)F)C[C@H](C(C)(C)C)N3)C1. The van der Waals surface area contributed by atoms with Crippen molar-refractivity contribution < 1.29 is 18.0 Å². The van der Waals surface area contributed by atoms with E-state index in [1.165, 1.54) is 0 Å². The number of fused-ring (bicyclic) bond motifs is 1. The number of carbonyl (C=O) groups excluding carboxylic acids is 1. The number of hydrogen-bond donors (Lipinski definition) is 1. The summed E-state index contributed by atoms with van der Waals surface area (Å²) in [5, 5.41) is 7.63. The molecule has 1 saturated carbocycles. The van der Waals surface area contributed by atoms with E-state index < -0.39 is 12.2 Å². The third kappa shape index (κ3) is 3.50. The molecule has 4 rings (SSSR count). The summed E-state index contributed by atoms with van der Waals surface area (Å²) in [4.78, 5) is 14.3. The lowest BCUT2D eigenvalue weighted by atomic mass is 9.82. The molecular formula is C20H29F3N4O. The Hall–Kier alpha value is -1.73. The van der Waals surface area contributed by atoms with Gasteiger partial charge in [-0.3, -0.25) is 4.79 Å². The van der Waals surface area contributed by atoms with E-state index >= 15 is 0 Å². The molecule has 3 heterocycles.